The van der Waals surface area contributed by atoms with Crippen LogP contribution in [-0.4, -0.2) is 25.2 Å². The van der Waals surface area contributed by atoms with E-state index in [0.717, 1.165) is 0 Å². The zero-order valence-electron chi connectivity index (χ0n) is 11.1. The summed E-state index contributed by atoms with van der Waals surface area (Å²) in [5, 5.41) is 6.08. The highest BCUT2D eigenvalue weighted by atomic mass is 35.5. The molecule has 0 aliphatic rings. The largest absolute Gasteiger partial charge is 0.360 e. The molecule has 2 aromatic heterocycles. The van der Waals surface area contributed by atoms with E-state index < -0.39 is 15.7 Å². The Morgan fingerprint density at radius 1 is 1.48 bits per heavy atom. The molecule has 0 atom stereocenters. The fourth-order valence-corrected chi connectivity index (χ4v) is 4.42. The zero-order valence-corrected chi connectivity index (χ0v) is 13.5. The molecular weight excluding hydrogens is 336 g/mol. The molecule has 0 aromatic carbocycles. The minimum absolute atomic E-state index is 0.110. The molecule has 9 heteroatoms. The van der Waals surface area contributed by atoms with Gasteiger partial charge >= 0.3 is 0 Å². The summed E-state index contributed by atoms with van der Waals surface area (Å²) in [4.78, 5) is 12.3. The summed E-state index contributed by atoms with van der Waals surface area (Å²) >= 11 is 6.97. The smallest absolute Gasteiger partial charge is 0.226 e. The van der Waals surface area contributed by atoms with Gasteiger partial charge in [-0.2, -0.15) is 0 Å². The highest BCUT2D eigenvalue weighted by Gasteiger charge is 2.16. The van der Waals surface area contributed by atoms with E-state index in [-0.39, 0.29) is 23.7 Å². The average molecular weight is 349 g/mol. The van der Waals surface area contributed by atoms with Gasteiger partial charge in [-0.1, -0.05) is 16.8 Å². The highest BCUT2D eigenvalue weighted by molar-refractivity contribution is 7.90. The van der Waals surface area contributed by atoms with Crippen molar-refractivity contribution in [2.24, 2.45) is 0 Å². The lowest BCUT2D eigenvalue weighted by Crippen LogP contribution is -2.18. The summed E-state index contributed by atoms with van der Waals surface area (Å²) in [5.74, 6) is 0.0786. The molecular formula is C12H13ClN2O4S2. The fourth-order valence-electron chi connectivity index (χ4n) is 1.60. The number of rotatable bonds is 6. The van der Waals surface area contributed by atoms with Crippen LogP contribution in [-0.2, 0) is 20.4 Å². The lowest BCUT2D eigenvalue weighted by atomic mass is 10.4. The zero-order chi connectivity index (χ0) is 15.5. The first-order chi connectivity index (χ1) is 9.84. The van der Waals surface area contributed by atoms with Crippen molar-refractivity contribution in [1.82, 2.24) is 5.16 Å². The van der Waals surface area contributed by atoms with E-state index in [1.165, 1.54) is 11.3 Å². The van der Waals surface area contributed by atoms with E-state index >= 15 is 0 Å². The number of thiophene rings is 1. The van der Waals surface area contributed by atoms with E-state index in [2.05, 4.69) is 10.5 Å². The molecule has 0 bridgehead atoms. The number of anilines is 1. The van der Waals surface area contributed by atoms with E-state index in [9.17, 15) is 13.2 Å². The first-order valence-corrected chi connectivity index (χ1v) is 9.03. The number of aromatic nitrogens is 1. The van der Waals surface area contributed by atoms with E-state index in [4.69, 9.17) is 16.1 Å². The second-order valence-corrected chi connectivity index (χ2v) is 8.40. The van der Waals surface area contributed by atoms with Crippen molar-refractivity contribution < 1.29 is 17.7 Å². The Bertz CT molecular complexity index is 736. The van der Waals surface area contributed by atoms with Crippen molar-refractivity contribution >= 4 is 44.5 Å². The number of sulfone groups is 1. The van der Waals surface area contributed by atoms with Crippen LogP contribution < -0.4 is 5.32 Å². The van der Waals surface area contributed by atoms with Crippen molar-refractivity contribution in [3.63, 3.8) is 0 Å². The number of hydrogen-bond donors (Lipinski definition) is 1. The van der Waals surface area contributed by atoms with Gasteiger partial charge < -0.3 is 9.84 Å². The number of nitrogens with one attached hydrogen (secondary N) is 1. The maximum Gasteiger partial charge on any atom is 0.226 e. The summed E-state index contributed by atoms with van der Waals surface area (Å²) < 4.78 is 29.2. The number of carbonyl (C=O) groups is 1. The molecule has 114 valence electrons. The number of aryl methyl sites for hydroxylation is 1. The Morgan fingerprint density at radius 2 is 2.24 bits per heavy atom. The number of hydrogen-bond acceptors (Lipinski definition) is 6. The van der Waals surface area contributed by atoms with Crippen molar-refractivity contribution in [3.8, 4) is 0 Å². The molecule has 2 aromatic rings. The van der Waals surface area contributed by atoms with Gasteiger partial charge in [0, 0.05) is 17.4 Å². The van der Waals surface area contributed by atoms with Crippen LogP contribution in [0.4, 0.5) is 5.82 Å². The van der Waals surface area contributed by atoms with Crippen molar-refractivity contribution in [1.29, 1.82) is 0 Å². The molecule has 1 N–H and O–H groups in total. The molecule has 0 saturated heterocycles. The number of amides is 1. The van der Waals surface area contributed by atoms with Gasteiger partial charge in [-0.05, 0) is 19.1 Å². The van der Waals surface area contributed by atoms with Crippen LogP contribution in [0.25, 0.3) is 0 Å². The lowest BCUT2D eigenvalue weighted by molar-refractivity contribution is -0.115. The van der Waals surface area contributed by atoms with Gasteiger partial charge in [0.25, 0.3) is 0 Å². The third kappa shape index (κ3) is 5.14. The predicted molar refractivity (Wildman–Crippen MR) is 81.3 cm³/mol. The van der Waals surface area contributed by atoms with Crippen LogP contribution in [0.5, 0.6) is 0 Å². The predicted octanol–water partition coefficient (Wildman–Crippen LogP) is 2.64. The minimum atomic E-state index is -3.36. The third-order valence-electron chi connectivity index (χ3n) is 2.53. The topological polar surface area (TPSA) is 89.3 Å². The van der Waals surface area contributed by atoms with Gasteiger partial charge in [0.2, 0.25) is 5.91 Å². The SMILES string of the molecule is Cc1cc(NC(=O)CCS(=O)(=O)Cc2ccc(Cl)s2)no1. The highest BCUT2D eigenvalue weighted by Crippen LogP contribution is 2.23. The van der Waals surface area contributed by atoms with Gasteiger partial charge in [-0.15, -0.1) is 11.3 Å². The number of carbonyl (C=O) groups excluding carboxylic acids is 1. The van der Waals surface area contributed by atoms with Crippen molar-refractivity contribution in [3.05, 3.63) is 33.2 Å². The van der Waals surface area contributed by atoms with Gasteiger partial charge in [0.1, 0.15) is 5.76 Å². The molecule has 1 amide bonds. The third-order valence-corrected chi connectivity index (χ3v) is 5.52. The van der Waals surface area contributed by atoms with Crippen LogP contribution >= 0.6 is 22.9 Å². The number of nitrogens with zero attached hydrogens (tertiary/aromatic N) is 1. The summed E-state index contributed by atoms with van der Waals surface area (Å²) in [6.45, 7) is 1.69. The van der Waals surface area contributed by atoms with Gasteiger partial charge in [-0.3, -0.25) is 4.79 Å². The van der Waals surface area contributed by atoms with Crippen molar-refractivity contribution in [2.45, 2.75) is 19.1 Å². The maximum absolute atomic E-state index is 11.9. The molecule has 0 aliphatic heterocycles. The molecule has 0 unspecified atom stereocenters. The van der Waals surface area contributed by atoms with E-state index in [0.29, 0.717) is 15.0 Å². The molecule has 0 aliphatic carbocycles. The number of halogens is 1. The van der Waals surface area contributed by atoms with E-state index in [1.54, 1.807) is 25.1 Å². The molecule has 2 rings (SSSR count). The second-order valence-electron chi connectivity index (χ2n) is 4.42. The van der Waals surface area contributed by atoms with Crippen molar-refractivity contribution in [2.75, 3.05) is 11.1 Å². The van der Waals surface area contributed by atoms with Gasteiger partial charge in [-0.25, -0.2) is 8.42 Å². The lowest BCUT2D eigenvalue weighted by Gasteiger charge is -2.03. The first kappa shape index (κ1) is 16.0. The quantitative estimate of drug-likeness (QED) is 0.866. The van der Waals surface area contributed by atoms with Crippen LogP contribution in [0.15, 0.2) is 22.7 Å². The second kappa shape index (κ2) is 6.59. The molecule has 21 heavy (non-hydrogen) atoms. The summed E-state index contributed by atoms with van der Waals surface area (Å²) in [6.07, 6.45) is -0.132. The van der Waals surface area contributed by atoms with Gasteiger partial charge in [0.05, 0.1) is 15.8 Å². The fraction of sp³-hybridized carbons (Fsp3) is 0.333. The molecule has 0 fully saturated rings. The Kier molecular flexibility index (Phi) is 5.02. The Balaban J connectivity index is 1.85. The minimum Gasteiger partial charge on any atom is -0.360 e. The Hall–Kier alpha value is -1.38. The molecule has 0 spiro atoms. The van der Waals surface area contributed by atoms with Crippen LogP contribution in [0.1, 0.15) is 17.1 Å². The van der Waals surface area contributed by atoms with E-state index in [1.807, 2.05) is 0 Å². The Labute approximate surface area is 131 Å². The molecule has 6 nitrogen and oxygen atoms in total. The Morgan fingerprint density at radius 3 is 2.81 bits per heavy atom. The molecule has 0 saturated carbocycles. The molecule has 0 radical (unpaired) electrons. The standard InChI is InChI=1S/C12H13ClN2O4S2/c1-8-6-11(15-19-8)14-12(16)4-5-21(17,18)7-9-2-3-10(13)20-9/h2-3,6H,4-5,7H2,1H3,(H,14,15,16). The van der Waals surface area contributed by atoms with Crippen LogP contribution in [0.2, 0.25) is 4.34 Å². The normalized spacial score (nSPS) is 11.5. The van der Waals surface area contributed by atoms with Crippen LogP contribution in [0.3, 0.4) is 0 Å². The maximum atomic E-state index is 11.9. The summed E-state index contributed by atoms with van der Waals surface area (Å²) in [7, 11) is -3.36. The average Bonchev–Trinajstić information content (AvgIpc) is 2.96. The first-order valence-electron chi connectivity index (χ1n) is 6.02. The van der Waals surface area contributed by atoms with Gasteiger partial charge in [0.15, 0.2) is 15.7 Å². The summed E-state index contributed by atoms with van der Waals surface area (Å²) in [5.41, 5.74) is 0. The summed E-state index contributed by atoms with van der Waals surface area (Å²) in [6, 6.07) is 4.87. The van der Waals surface area contributed by atoms with Crippen LogP contribution in [0, 0.1) is 6.92 Å². The molecule has 2 heterocycles. The monoisotopic (exact) mass is 348 g/mol.